The molecule has 0 aromatic heterocycles. The minimum atomic E-state index is -1.58. The Kier molecular flexibility index (Phi) is 5.45. The Labute approximate surface area is 118 Å². The Balaban J connectivity index is 2.76. The summed E-state index contributed by atoms with van der Waals surface area (Å²) in [6, 6.07) is 2.29. The molecule has 0 radical (unpaired) electrons. The van der Waals surface area contributed by atoms with Gasteiger partial charge in [-0.05, 0) is 12.1 Å². The van der Waals surface area contributed by atoms with Gasteiger partial charge in [0.2, 0.25) is 5.91 Å². The highest BCUT2D eigenvalue weighted by Crippen LogP contribution is 2.19. The second-order valence-electron chi connectivity index (χ2n) is 3.93. The molecule has 108 valence electrons. The molecule has 3 N–H and O–H groups in total. The molecule has 0 aliphatic rings. The van der Waals surface area contributed by atoms with Crippen molar-refractivity contribution in [2.24, 2.45) is 0 Å². The van der Waals surface area contributed by atoms with E-state index in [2.05, 4.69) is 0 Å². The standard InChI is InChI=1S/C12H11ClFNO5/c13-7-2-1-3-8(14)6(7)4-10(16)15-9(12(19)20)5-11(17)18/h1-3,9H,4-5H2,(H,15,16)(H,17,18)(H,19,20). The van der Waals surface area contributed by atoms with Crippen LogP contribution in [0.5, 0.6) is 0 Å². The second-order valence-corrected chi connectivity index (χ2v) is 4.34. The van der Waals surface area contributed by atoms with E-state index >= 15 is 0 Å². The van der Waals surface area contributed by atoms with Crippen molar-refractivity contribution in [2.75, 3.05) is 0 Å². The zero-order valence-electron chi connectivity index (χ0n) is 10.1. The molecule has 1 amide bonds. The summed E-state index contributed by atoms with van der Waals surface area (Å²) < 4.78 is 13.4. The van der Waals surface area contributed by atoms with Crippen LogP contribution in [0.4, 0.5) is 4.39 Å². The fourth-order valence-electron chi connectivity index (χ4n) is 1.48. The van der Waals surface area contributed by atoms with Gasteiger partial charge in [-0.2, -0.15) is 0 Å². The Bertz CT molecular complexity index is 528. The molecule has 0 aliphatic carbocycles. The van der Waals surface area contributed by atoms with Crippen molar-refractivity contribution >= 4 is 29.4 Å². The van der Waals surface area contributed by atoms with Crippen LogP contribution in [-0.4, -0.2) is 34.1 Å². The lowest BCUT2D eigenvalue weighted by Gasteiger charge is -2.13. The van der Waals surface area contributed by atoms with Crippen molar-refractivity contribution < 1.29 is 29.0 Å². The average molecular weight is 304 g/mol. The molecule has 1 unspecified atom stereocenters. The van der Waals surface area contributed by atoms with Gasteiger partial charge >= 0.3 is 11.9 Å². The zero-order chi connectivity index (χ0) is 15.3. The normalized spacial score (nSPS) is 11.7. The topological polar surface area (TPSA) is 104 Å². The van der Waals surface area contributed by atoms with E-state index in [0.717, 1.165) is 6.07 Å². The number of hydrogen-bond acceptors (Lipinski definition) is 3. The van der Waals surface area contributed by atoms with E-state index in [9.17, 15) is 18.8 Å². The van der Waals surface area contributed by atoms with E-state index in [1.807, 2.05) is 5.32 Å². The fraction of sp³-hybridized carbons (Fsp3) is 0.250. The molecule has 20 heavy (non-hydrogen) atoms. The second kappa shape index (κ2) is 6.85. The Morgan fingerprint density at radius 3 is 2.45 bits per heavy atom. The summed E-state index contributed by atoms with van der Waals surface area (Å²) in [5.74, 6) is -4.38. The summed E-state index contributed by atoms with van der Waals surface area (Å²) in [4.78, 5) is 32.9. The van der Waals surface area contributed by atoms with E-state index in [0.29, 0.717) is 0 Å². The minimum Gasteiger partial charge on any atom is -0.481 e. The number of carbonyl (C=O) groups excluding carboxylic acids is 1. The molecule has 0 saturated heterocycles. The number of carboxylic acid groups (broad SMARTS) is 2. The molecule has 8 heteroatoms. The molecular formula is C12H11ClFNO5. The molecular weight excluding hydrogens is 293 g/mol. The molecule has 0 saturated carbocycles. The predicted molar refractivity (Wildman–Crippen MR) is 66.9 cm³/mol. The van der Waals surface area contributed by atoms with E-state index in [-0.39, 0.29) is 10.6 Å². The Hall–Kier alpha value is -2.15. The maximum absolute atomic E-state index is 13.4. The molecule has 0 bridgehead atoms. The number of nitrogens with one attached hydrogen (secondary N) is 1. The first-order chi connectivity index (χ1) is 9.31. The third-order valence-corrected chi connectivity index (χ3v) is 2.77. The zero-order valence-corrected chi connectivity index (χ0v) is 10.9. The van der Waals surface area contributed by atoms with Gasteiger partial charge < -0.3 is 15.5 Å². The highest BCUT2D eigenvalue weighted by molar-refractivity contribution is 6.31. The molecule has 0 heterocycles. The summed E-state index contributed by atoms with van der Waals surface area (Å²) >= 11 is 5.73. The Morgan fingerprint density at radius 1 is 1.30 bits per heavy atom. The lowest BCUT2D eigenvalue weighted by Crippen LogP contribution is -2.43. The number of rotatable bonds is 6. The number of aliphatic carboxylic acids is 2. The third-order valence-electron chi connectivity index (χ3n) is 2.41. The molecule has 1 aromatic rings. The van der Waals surface area contributed by atoms with Gasteiger partial charge in [0.25, 0.3) is 0 Å². The average Bonchev–Trinajstić information content (AvgIpc) is 2.32. The number of benzene rings is 1. The lowest BCUT2D eigenvalue weighted by atomic mass is 10.1. The van der Waals surface area contributed by atoms with E-state index in [4.69, 9.17) is 21.8 Å². The van der Waals surface area contributed by atoms with Crippen LogP contribution in [0.2, 0.25) is 5.02 Å². The summed E-state index contributed by atoms with van der Waals surface area (Å²) in [5, 5.41) is 19.3. The van der Waals surface area contributed by atoms with Crippen molar-refractivity contribution in [3.05, 3.63) is 34.6 Å². The number of amides is 1. The van der Waals surface area contributed by atoms with Crippen LogP contribution in [0.1, 0.15) is 12.0 Å². The summed E-state index contributed by atoms with van der Waals surface area (Å²) in [6.07, 6.45) is -1.25. The van der Waals surface area contributed by atoms with Gasteiger partial charge in [0.1, 0.15) is 11.9 Å². The van der Waals surface area contributed by atoms with Gasteiger partial charge in [-0.25, -0.2) is 9.18 Å². The van der Waals surface area contributed by atoms with Crippen LogP contribution in [-0.2, 0) is 20.8 Å². The van der Waals surface area contributed by atoms with Crippen LogP contribution in [0.3, 0.4) is 0 Å². The molecule has 6 nitrogen and oxygen atoms in total. The molecule has 0 fully saturated rings. The monoisotopic (exact) mass is 303 g/mol. The maximum atomic E-state index is 13.4. The van der Waals surface area contributed by atoms with E-state index in [1.165, 1.54) is 12.1 Å². The van der Waals surface area contributed by atoms with E-state index < -0.39 is 42.5 Å². The highest BCUT2D eigenvalue weighted by Gasteiger charge is 2.23. The van der Waals surface area contributed by atoms with Crippen LogP contribution >= 0.6 is 11.6 Å². The van der Waals surface area contributed by atoms with E-state index in [1.54, 1.807) is 0 Å². The first-order valence-electron chi connectivity index (χ1n) is 5.48. The largest absolute Gasteiger partial charge is 0.481 e. The first kappa shape index (κ1) is 15.9. The molecule has 0 aliphatic heterocycles. The third kappa shape index (κ3) is 4.51. The van der Waals surface area contributed by atoms with Gasteiger partial charge in [0, 0.05) is 10.6 Å². The number of halogens is 2. The predicted octanol–water partition coefficient (Wildman–Crippen LogP) is 1.07. The minimum absolute atomic E-state index is 0.0326. The number of carbonyl (C=O) groups is 3. The van der Waals surface area contributed by atoms with Gasteiger partial charge in [-0.1, -0.05) is 17.7 Å². The SMILES string of the molecule is O=C(O)CC(NC(=O)Cc1c(F)cccc1Cl)C(=O)O. The van der Waals surface area contributed by atoms with Crippen LogP contribution in [0.25, 0.3) is 0 Å². The van der Waals surface area contributed by atoms with Gasteiger partial charge in [-0.15, -0.1) is 0 Å². The highest BCUT2D eigenvalue weighted by atomic mass is 35.5. The molecule has 0 spiro atoms. The van der Waals surface area contributed by atoms with Crippen molar-refractivity contribution in [3.8, 4) is 0 Å². The smallest absolute Gasteiger partial charge is 0.326 e. The summed E-state index contributed by atoms with van der Waals surface area (Å²) in [5.41, 5.74) is -0.0777. The number of hydrogen-bond donors (Lipinski definition) is 3. The van der Waals surface area contributed by atoms with Gasteiger partial charge in [-0.3, -0.25) is 9.59 Å². The molecule has 1 aromatic carbocycles. The van der Waals surface area contributed by atoms with Crippen molar-refractivity contribution in [1.29, 1.82) is 0 Å². The lowest BCUT2D eigenvalue weighted by molar-refractivity contribution is -0.147. The van der Waals surface area contributed by atoms with Gasteiger partial charge in [0.05, 0.1) is 12.8 Å². The summed E-state index contributed by atoms with van der Waals surface area (Å²) in [7, 11) is 0. The quantitative estimate of drug-likeness (QED) is 0.729. The van der Waals surface area contributed by atoms with Crippen LogP contribution < -0.4 is 5.32 Å². The van der Waals surface area contributed by atoms with Crippen molar-refractivity contribution in [3.63, 3.8) is 0 Å². The van der Waals surface area contributed by atoms with Crippen LogP contribution in [0.15, 0.2) is 18.2 Å². The van der Waals surface area contributed by atoms with Crippen molar-refractivity contribution in [1.82, 2.24) is 5.32 Å². The molecule has 1 atom stereocenters. The maximum Gasteiger partial charge on any atom is 0.326 e. The van der Waals surface area contributed by atoms with Gasteiger partial charge in [0.15, 0.2) is 0 Å². The van der Waals surface area contributed by atoms with Crippen LogP contribution in [0, 0.1) is 5.82 Å². The molecule has 1 rings (SSSR count). The fourth-order valence-corrected chi connectivity index (χ4v) is 1.71. The first-order valence-corrected chi connectivity index (χ1v) is 5.86. The summed E-state index contributed by atoms with van der Waals surface area (Å²) in [6.45, 7) is 0. The van der Waals surface area contributed by atoms with Crippen molar-refractivity contribution in [2.45, 2.75) is 18.9 Å². The Morgan fingerprint density at radius 2 is 1.95 bits per heavy atom. The number of carboxylic acids is 2.